The first-order valence-electron chi connectivity index (χ1n) is 8.89. The van der Waals surface area contributed by atoms with E-state index in [9.17, 15) is 13.2 Å². The van der Waals surface area contributed by atoms with Crippen molar-refractivity contribution < 1.29 is 17.9 Å². The number of sulfonamides is 1. The van der Waals surface area contributed by atoms with Crippen LogP contribution in [0, 0.1) is 6.92 Å². The van der Waals surface area contributed by atoms with Crippen LogP contribution in [0.5, 0.6) is 0 Å². The van der Waals surface area contributed by atoms with Crippen molar-refractivity contribution in [3.63, 3.8) is 0 Å². The molecular formula is C20H24N2O4S. The van der Waals surface area contributed by atoms with Gasteiger partial charge in [-0.2, -0.15) is 0 Å². The molecule has 1 aliphatic heterocycles. The number of carbonyl (C=O) groups is 1. The molecule has 7 heteroatoms. The minimum Gasteiger partial charge on any atom is -0.377 e. The molecule has 0 aromatic heterocycles. The summed E-state index contributed by atoms with van der Waals surface area (Å²) >= 11 is 0. The second-order valence-electron chi connectivity index (χ2n) is 6.85. The normalized spacial score (nSPS) is 17.6. The molecule has 1 saturated heterocycles. The Bertz CT molecular complexity index is 893. The van der Waals surface area contributed by atoms with Crippen molar-refractivity contribution in [1.82, 2.24) is 4.90 Å². The van der Waals surface area contributed by atoms with Crippen LogP contribution in [0.3, 0.4) is 0 Å². The van der Waals surface area contributed by atoms with Crippen LogP contribution in [0.4, 0.5) is 5.69 Å². The van der Waals surface area contributed by atoms with Crippen molar-refractivity contribution in [2.75, 3.05) is 24.5 Å². The minimum atomic E-state index is -3.52. The summed E-state index contributed by atoms with van der Waals surface area (Å²) in [6, 6.07) is 13.9. The van der Waals surface area contributed by atoms with Crippen molar-refractivity contribution in [2.24, 2.45) is 0 Å². The number of carbonyl (C=O) groups excluding carboxylic acids is 1. The number of anilines is 1. The van der Waals surface area contributed by atoms with E-state index in [1.807, 2.05) is 26.0 Å². The molecule has 1 aliphatic rings. The monoisotopic (exact) mass is 388 g/mol. The fourth-order valence-corrected chi connectivity index (χ4v) is 4.19. The molecule has 144 valence electrons. The number of morpholine rings is 1. The van der Waals surface area contributed by atoms with Crippen LogP contribution in [0.1, 0.15) is 28.4 Å². The number of amides is 1. The SMILES string of the molecule is Cc1ccc(CS(=O)(=O)Nc2ccc(C(=O)N3CCOCC3C)cc2)cc1. The van der Waals surface area contributed by atoms with Gasteiger partial charge >= 0.3 is 0 Å². The topological polar surface area (TPSA) is 75.7 Å². The van der Waals surface area contributed by atoms with E-state index in [0.29, 0.717) is 31.0 Å². The third-order valence-corrected chi connectivity index (χ3v) is 5.77. The van der Waals surface area contributed by atoms with E-state index in [2.05, 4.69) is 4.72 Å². The van der Waals surface area contributed by atoms with Crippen molar-refractivity contribution in [2.45, 2.75) is 25.6 Å². The lowest BCUT2D eigenvalue weighted by molar-refractivity contribution is 0.00359. The number of benzene rings is 2. The molecule has 1 N–H and O–H groups in total. The van der Waals surface area contributed by atoms with E-state index < -0.39 is 10.0 Å². The number of nitrogens with one attached hydrogen (secondary N) is 1. The Balaban J connectivity index is 1.66. The lowest BCUT2D eigenvalue weighted by atomic mass is 10.1. The van der Waals surface area contributed by atoms with E-state index >= 15 is 0 Å². The van der Waals surface area contributed by atoms with Crippen molar-refractivity contribution >= 4 is 21.6 Å². The number of nitrogens with zero attached hydrogens (tertiary/aromatic N) is 1. The van der Waals surface area contributed by atoms with Crippen LogP contribution in [0.15, 0.2) is 48.5 Å². The highest BCUT2D eigenvalue weighted by Crippen LogP contribution is 2.17. The molecule has 1 heterocycles. The van der Waals surface area contributed by atoms with Gasteiger partial charge in [0.1, 0.15) is 0 Å². The quantitative estimate of drug-likeness (QED) is 0.855. The van der Waals surface area contributed by atoms with Gasteiger partial charge in [-0.15, -0.1) is 0 Å². The summed E-state index contributed by atoms with van der Waals surface area (Å²) in [6.45, 7) is 5.53. The Morgan fingerprint density at radius 1 is 1.15 bits per heavy atom. The highest BCUT2D eigenvalue weighted by atomic mass is 32.2. The molecule has 6 nitrogen and oxygen atoms in total. The number of rotatable bonds is 5. The van der Waals surface area contributed by atoms with E-state index in [4.69, 9.17) is 4.74 Å². The number of hydrogen-bond donors (Lipinski definition) is 1. The zero-order valence-electron chi connectivity index (χ0n) is 15.5. The molecular weight excluding hydrogens is 364 g/mol. The predicted molar refractivity (Wildman–Crippen MR) is 105 cm³/mol. The third-order valence-electron chi connectivity index (χ3n) is 4.51. The number of hydrogen-bond acceptors (Lipinski definition) is 4. The Hall–Kier alpha value is -2.38. The van der Waals surface area contributed by atoms with Crippen LogP contribution in [0.25, 0.3) is 0 Å². The van der Waals surface area contributed by atoms with E-state index in [1.165, 1.54) is 0 Å². The standard InChI is InChI=1S/C20H24N2O4S/c1-15-3-5-17(6-4-15)14-27(24,25)21-19-9-7-18(8-10-19)20(23)22-11-12-26-13-16(22)2/h3-10,16,21H,11-14H2,1-2H3. The van der Waals surface area contributed by atoms with Crippen molar-refractivity contribution in [1.29, 1.82) is 0 Å². The van der Waals surface area contributed by atoms with Crippen LogP contribution < -0.4 is 4.72 Å². The average Bonchev–Trinajstić information content (AvgIpc) is 2.63. The second kappa shape index (κ2) is 8.10. The molecule has 1 fully saturated rings. The Kier molecular flexibility index (Phi) is 5.82. The lowest BCUT2D eigenvalue weighted by Crippen LogP contribution is -2.47. The van der Waals surface area contributed by atoms with Crippen molar-refractivity contribution in [3.05, 3.63) is 65.2 Å². The molecule has 1 atom stereocenters. The van der Waals surface area contributed by atoms with Crippen LogP contribution in [0.2, 0.25) is 0 Å². The summed E-state index contributed by atoms with van der Waals surface area (Å²) in [5, 5.41) is 0. The molecule has 0 bridgehead atoms. The summed E-state index contributed by atoms with van der Waals surface area (Å²) in [5.74, 6) is -0.168. The fraction of sp³-hybridized carbons (Fsp3) is 0.350. The Morgan fingerprint density at radius 2 is 1.81 bits per heavy atom. The van der Waals surface area contributed by atoms with Gasteiger partial charge < -0.3 is 9.64 Å². The molecule has 0 saturated carbocycles. The lowest BCUT2D eigenvalue weighted by Gasteiger charge is -2.33. The fourth-order valence-electron chi connectivity index (χ4n) is 2.99. The smallest absolute Gasteiger partial charge is 0.254 e. The predicted octanol–water partition coefficient (Wildman–Crippen LogP) is 2.80. The maximum atomic E-state index is 12.6. The zero-order valence-corrected chi connectivity index (χ0v) is 16.3. The van der Waals surface area contributed by atoms with Gasteiger partial charge in [0.05, 0.1) is 25.0 Å². The van der Waals surface area contributed by atoms with E-state index in [0.717, 1.165) is 11.1 Å². The number of aryl methyl sites for hydroxylation is 1. The summed E-state index contributed by atoms with van der Waals surface area (Å²) in [4.78, 5) is 14.4. The van der Waals surface area contributed by atoms with Gasteiger partial charge in [0, 0.05) is 17.8 Å². The summed E-state index contributed by atoms with van der Waals surface area (Å²) in [7, 11) is -3.52. The molecule has 27 heavy (non-hydrogen) atoms. The first kappa shape index (κ1) is 19.4. The molecule has 2 aromatic rings. The number of ether oxygens (including phenoxy) is 1. The van der Waals surface area contributed by atoms with Crippen LogP contribution in [-0.2, 0) is 20.5 Å². The van der Waals surface area contributed by atoms with Gasteiger partial charge in [-0.1, -0.05) is 29.8 Å². The van der Waals surface area contributed by atoms with Crippen LogP contribution in [-0.4, -0.2) is 45.0 Å². The molecule has 0 spiro atoms. The molecule has 1 unspecified atom stereocenters. The Labute approximate surface area is 160 Å². The zero-order chi connectivity index (χ0) is 19.4. The summed E-state index contributed by atoms with van der Waals surface area (Å²) in [6.07, 6.45) is 0. The molecule has 0 aliphatic carbocycles. The van der Waals surface area contributed by atoms with Crippen LogP contribution >= 0.6 is 0 Å². The molecule has 2 aromatic carbocycles. The van der Waals surface area contributed by atoms with E-state index in [-0.39, 0.29) is 17.7 Å². The highest BCUT2D eigenvalue weighted by molar-refractivity contribution is 7.91. The van der Waals surface area contributed by atoms with Crippen molar-refractivity contribution in [3.8, 4) is 0 Å². The largest absolute Gasteiger partial charge is 0.377 e. The minimum absolute atomic E-state index is 0.0268. The van der Waals surface area contributed by atoms with Gasteiger partial charge in [0.15, 0.2) is 0 Å². The second-order valence-corrected chi connectivity index (χ2v) is 8.57. The molecule has 1 amide bonds. The van der Waals surface area contributed by atoms with E-state index in [1.54, 1.807) is 41.3 Å². The average molecular weight is 388 g/mol. The molecule has 3 rings (SSSR count). The maximum absolute atomic E-state index is 12.6. The van der Waals surface area contributed by atoms with Gasteiger partial charge in [-0.05, 0) is 43.7 Å². The van der Waals surface area contributed by atoms with Gasteiger partial charge in [0.2, 0.25) is 10.0 Å². The highest BCUT2D eigenvalue weighted by Gasteiger charge is 2.24. The summed E-state index contributed by atoms with van der Waals surface area (Å²) in [5.41, 5.74) is 2.78. The molecule has 0 radical (unpaired) electrons. The summed E-state index contributed by atoms with van der Waals surface area (Å²) < 4.78 is 32.6. The van der Waals surface area contributed by atoms with Gasteiger partial charge in [-0.25, -0.2) is 8.42 Å². The first-order valence-corrected chi connectivity index (χ1v) is 10.5. The Morgan fingerprint density at radius 3 is 2.44 bits per heavy atom. The van der Waals surface area contributed by atoms with Gasteiger partial charge in [-0.3, -0.25) is 9.52 Å². The maximum Gasteiger partial charge on any atom is 0.254 e. The van der Waals surface area contributed by atoms with Gasteiger partial charge in [0.25, 0.3) is 5.91 Å². The first-order chi connectivity index (χ1) is 12.8. The third kappa shape index (κ3) is 5.08.